The number of aliphatic hydroxyl groups is 1. The SMILES string of the molecule is C=C1[C@@H]2C[C@H](OC(C)=O)[C@H]3[C@]4(C)[C@@H](OC(C)=O)C[C@H](O)C(C)(C)[C@H]4C[C@H](OC(C)=O)[C@]3(C2)[C@@H]1OC(C)=O. The summed E-state index contributed by atoms with van der Waals surface area (Å²) in [6.45, 7) is 15.6. The predicted octanol–water partition coefficient (Wildman–Crippen LogP) is 3.11. The van der Waals surface area contributed by atoms with E-state index >= 15 is 0 Å². The molecule has 206 valence electrons. The van der Waals surface area contributed by atoms with Gasteiger partial charge in [-0.3, -0.25) is 19.2 Å². The first-order valence-corrected chi connectivity index (χ1v) is 13.1. The lowest BCUT2D eigenvalue weighted by Gasteiger charge is -2.68. The van der Waals surface area contributed by atoms with Crippen LogP contribution >= 0.6 is 0 Å². The third-order valence-electron chi connectivity index (χ3n) is 9.99. The summed E-state index contributed by atoms with van der Waals surface area (Å²) in [7, 11) is 0. The van der Waals surface area contributed by atoms with E-state index in [1.807, 2.05) is 20.8 Å². The van der Waals surface area contributed by atoms with E-state index in [0.29, 0.717) is 24.8 Å². The fraction of sp³-hybridized carbons (Fsp3) is 0.786. The quantitative estimate of drug-likeness (QED) is 0.338. The molecule has 37 heavy (non-hydrogen) atoms. The Morgan fingerprint density at radius 2 is 1.35 bits per heavy atom. The number of ether oxygens (including phenoxy) is 4. The second-order valence-corrected chi connectivity index (χ2v) is 12.4. The third-order valence-corrected chi connectivity index (χ3v) is 9.99. The van der Waals surface area contributed by atoms with Crippen molar-refractivity contribution in [3.05, 3.63) is 12.2 Å². The van der Waals surface area contributed by atoms with Crippen LogP contribution in [0, 0.1) is 34.0 Å². The van der Waals surface area contributed by atoms with E-state index in [1.54, 1.807) is 0 Å². The number of aliphatic hydroxyl groups excluding tert-OH is 1. The van der Waals surface area contributed by atoms with Crippen molar-refractivity contribution >= 4 is 23.9 Å². The van der Waals surface area contributed by atoms with Gasteiger partial charge in [0.2, 0.25) is 0 Å². The summed E-state index contributed by atoms with van der Waals surface area (Å²) in [6.07, 6.45) is -2.00. The summed E-state index contributed by atoms with van der Waals surface area (Å²) < 4.78 is 23.9. The van der Waals surface area contributed by atoms with E-state index in [0.717, 1.165) is 0 Å². The highest BCUT2D eigenvalue weighted by Gasteiger charge is 2.77. The Morgan fingerprint density at radius 1 is 0.811 bits per heavy atom. The van der Waals surface area contributed by atoms with Gasteiger partial charge in [0.05, 0.1) is 11.5 Å². The summed E-state index contributed by atoms with van der Waals surface area (Å²) in [5, 5.41) is 11.2. The van der Waals surface area contributed by atoms with Gasteiger partial charge in [0.1, 0.15) is 24.4 Å². The Balaban J connectivity index is 2.01. The fourth-order valence-electron chi connectivity index (χ4n) is 8.83. The number of fused-ring (bicyclic) bond motifs is 3. The first-order valence-electron chi connectivity index (χ1n) is 13.1. The van der Waals surface area contributed by atoms with Crippen LogP contribution in [0.1, 0.15) is 74.1 Å². The molecule has 4 rings (SSSR count). The van der Waals surface area contributed by atoms with Gasteiger partial charge in [0, 0.05) is 45.4 Å². The van der Waals surface area contributed by atoms with E-state index in [1.165, 1.54) is 27.7 Å². The van der Waals surface area contributed by atoms with E-state index in [4.69, 9.17) is 18.9 Å². The third kappa shape index (κ3) is 4.08. The molecule has 0 heterocycles. The van der Waals surface area contributed by atoms with Crippen molar-refractivity contribution in [3.63, 3.8) is 0 Å². The lowest BCUT2D eigenvalue weighted by molar-refractivity contribution is -0.294. The molecular weight excluding hydrogens is 480 g/mol. The molecule has 2 bridgehead atoms. The summed E-state index contributed by atoms with van der Waals surface area (Å²) in [5.41, 5.74) is -1.68. The topological polar surface area (TPSA) is 125 Å². The highest BCUT2D eigenvalue weighted by atomic mass is 16.6. The van der Waals surface area contributed by atoms with Crippen LogP contribution < -0.4 is 0 Å². The molecule has 0 aromatic carbocycles. The van der Waals surface area contributed by atoms with Crippen molar-refractivity contribution < 1.29 is 43.2 Å². The summed E-state index contributed by atoms with van der Waals surface area (Å²) >= 11 is 0. The summed E-state index contributed by atoms with van der Waals surface area (Å²) in [4.78, 5) is 49.5. The van der Waals surface area contributed by atoms with E-state index in [9.17, 15) is 24.3 Å². The average molecular weight is 521 g/mol. The predicted molar refractivity (Wildman–Crippen MR) is 131 cm³/mol. The maximum Gasteiger partial charge on any atom is 0.303 e. The molecule has 9 heteroatoms. The Morgan fingerprint density at radius 3 is 1.89 bits per heavy atom. The minimum Gasteiger partial charge on any atom is -0.462 e. The molecule has 0 saturated heterocycles. The van der Waals surface area contributed by atoms with Crippen LogP contribution in [-0.4, -0.2) is 59.5 Å². The van der Waals surface area contributed by atoms with Crippen LogP contribution in [0.5, 0.6) is 0 Å². The molecule has 4 fully saturated rings. The van der Waals surface area contributed by atoms with Crippen molar-refractivity contribution in [1.29, 1.82) is 0 Å². The van der Waals surface area contributed by atoms with Crippen molar-refractivity contribution in [3.8, 4) is 0 Å². The molecule has 1 N–H and O–H groups in total. The molecule has 0 radical (unpaired) electrons. The first-order chi connectivity index (χ1) is 17.1. The second-order valence-electron chi connectivity index (χ2n) is 12.4. The highest BCUT2D eigenvalue weighted by molar-refractivity contribution is 5.68. The normalized spacial score (nSPS) is 43.6. The molecule has 0 aliphatic heterocycles. The number of esters is 4. The molecule has 4 aliphatic rings. The molecule has 0 aromatic rings. The van der Waals surface area contributed by atoms with Crippen molar-refractivity contribution in [2.45, 2.75) is 105 Å². The maximum absolute atomic E-state index is 12.4. The van der Waals surface area contributed by atoms with Crippen LogP contribution in [0.15, 0.2) is 12.2 Å². The average Bonchev–Trinajstić information content (AvgIpc) is 2.94. The summed E-state index contributed by atoms with van der Waals surface area (Å²) in [6, 6.07) is 0. The number of carbonyl (C=O) groups excluding carboxylic acids is 4. The van der Waals surface area contributed by atoms with Gasteiger partial charge in [-0.05, 0) is 42.1 Å². The van der Waals surface area contributed by atoms with Gasteiger partial charge in [-0.2, -0.15) is 0 Å². The number of carbonyl (C=O) groups is 4. The van der Waals surface area contributed by atoms with Gasteiger partial charge >= 0.3 is 23.9 Å². The highest BCUT2D eigenvalue weighted by Crippen LogP contribution is 2.73. The van der Waals surface area contributed by atoms with Crippen molar-refractivity contribution in [1.82, 2.24) is 0 Å². The molecular formula is C28H40O9. The van der Waals surface area contributed by atoms with Gasteiger partial charge in [-0.15, -0.1) is 0 Å². The van der Waals surface area contributed by atoms with Crippen LogP contribution in [-0.2, 0) is 38.1 Å². The molecule has 10 atom stereocenters. The Hall–Kier alpha value is -2.42. The van der Waals surface area contributed by atoms with Gasteiger partial charge in [-0.25, -0.2) is 0 Å². The Kier molecular flexibility index (Phi) is 6.79. The van der Waals surface area contributed by atoms with Crippen LogP contribution in [0.2, 0.25) is 0 Å². The number of rotatable bonds is 4. The van der Waals surface area contributed by atoms with Crippen molar-refractivity contribution in [2.75, 3.05) is 0 Å². The van der Waals surface area contributed by atoms with Crippen LogP contribution in [0.3, 0.4) is 0 Å². The van der Waals surface area contributed by atoms with Gasteiger partial charge in [-0.1, -0.05) is 27.4 Å². The van der Waals surface area contributed by atoms with E-state index in [-0.39, 0.29) is 18.3 Å². The van der Waals surface area contributed by atoms with Gasteiger partial charge < -0.3 is 24.1 Å². The lowest BCUT2D eigenvalue weighted by Crippen LogP contribution is -2.73. The molecule has 0 aromatic heterocycles. The molecule has 4 saturated carbocycles. The van der Waals surface area contributed by atoms with Crippen LogP contribution in [0.25, 0.3) is 0 Å². The fourth-order valence-corrected chi connectivity index (χ4v) is 8.83. The largest absolute Gasteiger partial charge is 0.462 e. The number of hydrogen-bond donors (Lipinski definition) is 1. The Bertz CT molecular complexity index is 1020. The zero-order chi connectivity index (χ0) is 27.7. The Labute approximate surface area is 218 Å². The smallest absolute Gasteiger partial charge is 0.303 e. The lowest BCUT2D eigenvalue weighted by atomic mass is 9.38. The minimum absolute atomic E-state index is 0.113. The standard InChI is InChI=1S/C28H40O9/c1-13-18-9-19(34-14(2)29)24-27(8)20(26(6,7)21(33)11-22(27)35-15(3)30)10-23(36-16(4)31)28(24,12-18)25(13)37-17(5)32/h18-25,33H,1,9-12H2,2-8H3/t18-,19+,20-,21+,22+,23+,24+,25-,27+,28+/m1/s1. The zero-order valence-electron chi connectivity index (χ0n) is 22.9. The number of hydrogen-bond acceptors (Lipinski definition) is 9. The molecule has 0 unspecified atom stereocenters. The molecule has 9 nitrogen and oxygen atoms in total. The minimum atomic E-state index is -0.945. The second kappa shape index (κ2) is 9.10. The monoisotopic (exact) mass is 520 g/mol. The molecule has 0 amide bonds. The zero-order valence-corrected chi connectivity index (χ0v) is 22.9. The van der Waals surface area contributed by atoms with Gasteiger partial charge in [0.25, 0.3) is 0 Å². The van der Waals surface area contributed by atoms with E-state index in [2.05, 4.69) is 6.58 Å². The molecule has 1 spiro atoms. The van der Waals surface area contributed by atoms with Crippen LogP contribution in [0.4, 0.5) is 0 Å². The first kappa shape index (κ1) is 27.6. The molecule has 4 aliphatic carbocycles. The van der Waals surface area contributed by atoms with Crippen molar-refractivity contribution in [2.24, 2.45) is 34.0 Å². The van der Waals surface area contributed by atoms with E-state index < -0.39 is 76.6 Å². The van der Waals surface area contributed by atoms with Gasteiger partial charge in [0.15, 0.2) is 0 Å². The summed E-state index contributed by atoms with van der Waals surface area (Å²) in [5.74, 6) is -2.79. The maximum atomic E-state index is 12.4.